The summed E-state index contributed by atoms with van der Waals surface area (Å²) in [6, 6.07) is 9.38. The van der Waals surface area contributed by atoms with Crippen molar-refractivity contribution in [2.45, 2.75) is 13.1 Å². The van der Waals surface area contributed by atoms with Gasteiger partial charge in [0.25, 0.3) is 5.91 Å². The van der Waals surface area contributed by atoms with Crippen molar-refractivity contribution in [3.8, 4) is 0 Å². The molecular formula is C13H15N3O2. The van der Waals surface area contributed by atoms with Gasteiger partial charge in [-0.25, -0.2) is 0 Å². The van der Waals surface area contributed by atoms with E-state index in [9.17, 15) is 9.59 Å². The molecule has 0 fully saturated rings. The SMILES string of the molecule is CCN1C=C(c2ccccc2)N(C=O)C(N)C1=O. The monoisotopic (exact) mass is 245 g/mol. The lowest BCUT2D eigenvalue weighted by molar-refractivity contribution is -0.137. The molecule has 0 spiro atoms. The summed E-state index contributed by atoms with van der Waals surface area (Å²) in [5.41, 5.74) is 7.28. The van der Waals surface area contributed by atoms with Gasteiger partial charge in [-0.1, -0.05) is 30.3 Å². The van der Waals surface area contributed by atoms with E-state index in [1.165, 1.54) is 9.80 Å². The Balaban J connectivity index is 2.48. The summed E-state index contributed by atoms with van der Waals surface area (Å²) >= 11 is 0. The van der Waals surface area contributed by atoms with E-state index in [1.54, 1.807) is 6.20 Å². The highest BCUT2D eigenvalue weighted by atomic mass is 16.2. The number of hydrogen-bond acceptors (Lipinski definition) is 3. The summed E-state index contributed by atoms with van der Waals surface area (Å²) in [5.74, 6) is -0.274. The highest BCUT2D eigenvalue weighted by molar-refractivity contribution is 5.92. The molecule has 0 saturated carbocycles. The summed E-state index contributed by atoms with van der Waals surface area (Å²) in [7, 11) is 0. The molecule has 5 nitrogen and oxygen atoms in total. The first-order valence-corrected chi connectivity index (χ1v) is 5.76. The molecule has 0 aromatic heterocycles. The first-order chi connectivity index (χ1) is 8.69. The second-order valence-electron chi connectivity index (χ2n) is 3.96. The second kappa shape index (κ2) is 5.01. The second-order valence-corrected chi connectivity index (χ2v) is 3.96. The van der Waals surface area contributed by atoms with Crippen LogP contribution in [0.3, 0.4) is 0 Å². The van der Waals surface area contributed by atoms with Gasteiger partial charge in [0, 0.05) is 12.7 Å². The standard InChI is InChI=1S/C13H15N3O2/c1-2-15-8-11(10-6-4-3-5-7-10)16(9-17)12(14)13(15)18/h3-9,12H,2,14H2,1H3. The van der Waals surface area contributed by atoms with Crippen molar-refractivity contribution in [1.82, 2.24) is 9.80 Å². The molecule has 2 N–H and O–H groups in total. The molecule has 0 bridgehead atoms. The van der Waals surface area contributed by atoms with E-state index in [0.29, 0.717) is 18.7 Å². The van der Waals surface area contributed by atoms with Crippen molar-refractivity contribution >= 4 is 18.0 Å². The molecule has 94 valence electrons. The van der Waals surface area contributed by atoms with Gasteiger partial charge in [-0.2, -0.15) is 0 Å². The number of nitrogens with two attached hydrogens (primary N) is 1. The van der Waals surface area contributed by atoms with Crippen LogP contribution in [0.1, 0.15) is 12.5 Å². The summed E-state index contributed by atoms with van der Waals surface area (Å²) in [6.07, 6.45) is 1.30. The van der Waals surface area contributed by atoms with Gasteiger partial charge in [-0.3, -0.25) is 14.5 Å². The molecule has 5 heteroatoms. The van der Waals surface area contributed by atoms with Crippen LogP contribution in [0.2, 0.25) is 0 Å². The van der Waals surface area contributed by atoms with Crippen LogP contribution in [0.4, 0.5) is 0 Å². The van der Waals surface area contributed by atoms with E-state index >= 15 is 0 Å². The molecule has 2 amide bonds. The Bertz CT molecular complexity index is 484. The van der Waals surface area contributed by atoms with Crippen molar-refractivity contribution in [2.75, 3.05) is 6.54 Å². The third-order valence-corrected chi connectivity index (χ3v) is 2.92. The first-order valence-electron chi connectivity index (χ1n) is 5.76. The van der Waals surface area contributed by atoms with Gasteiger partial charge in [0.15, 0.2) is 6.17 Å². The van der Waals surface area contributed by atoms with Crippen molar-refractivity contribution in [3.05, 3.63) is 42.1 Å². The van der Waals surface area contributed by atoms with Crippen LogP contribution in [-0.2, 0) is 9.59 Å². The highest BCUT2D eigenvalue weighted by Crippen LogP contribution is 2.24. The molecule has 1 unspecified atom stereocenters. The van der Waals surface area contributed by atoms with E-state index in [4.69, 9.17) is 5.73 Å². The molecule has 1 atom stereocenters. The van der Waals surface area contributed by atoms with Crippen molar-refractivity contribution in [3.63, 3.8) is 0 Å². The lowest BCUT2D eigenvalue weighted by Gasteiger charge is -2.35. The zero-order valence-electron chi connectivity index (χ0n) is 10.1. The Labute approximate surface area is 105 Å². The molecule has 0 radical (unpaired) electrons. The molecule has 18 heavy (non-hydrogen) atoms. The average Bonchev–Trinajstić information content (AvgIpc) is 2.42. The Morgan fingerprint density at radius 2 is 2.00 bits per heavy atom. The summed E-state index contributed by atoms with van der Waals surface area (Å²) in [5, 5.41) is 0. The molecule has 1 aromatic carbocycles. The Morgan fingerprint density at radius 3 is 2.56 bits per heavy atom. The largest absolute Gasteiger partial charge is 0.314 e. The van der Waals surface area contributed by atoms with Crippen LogP contribution in [0.5, 0.6) is 0 Å². The van der Waals surface area contributed by atoms with Gasteiger partial charge in [0.05, 0.1) is 5.70 Å². The van der Waals surface area contributed by atoms with Gasteiger partial charge in [-0.05, 0) is 12.5 Å². The molecular weight excluding hydrogens is 230 g/mol. The number of carbonyl (C=O) groups is 2. The van der Waals surface area contributed by atoms with Crippen molar-refractivity contribution in [2.24, 2.45) is 5.73 Å². The maximum Gasteiger partial charge on any atom is 0.264 e. The van der Waals surface area contributed by atoms with Gasteiger partial charge >= 0.3 is 0 Å². The topological polar surface area (TPSA) is 66.6 Å². The number of nitrogens with zero attached hydrogens (tertiary/aromatic N) is 2. The first kappa shape index (κ1) is 12.3. The van der Waals surface area contributed by atoms with Crippen molar-refractivity contribution < 1.29 is 9.59 Å². The minimum absolute atomic E-state index is 0.274. The van der Waals surface area contributed by atoms with Crippen LogP contribution in [-0.4, -0.2) is 34.8 Å². The molecule has 1 aliphatic heterocycles. The number of carbonyl (C=O) groups excluding carboxylic acids is 2. The lowest BCUT2D eigenvalue weighted by atomic mass is 10.1. The van der Waals surface area contributed by atoms with Crippen LogP contribution in [0, 0.1) is 0 Å². The summed E-state index contributed by atoms with van der Waals surface area (Å²) in [4.78, 5) is 25.8. The zero-order chi connectivity index (χ0) is 13.1. The molecule has 1 aromatic rings. The molecule has 0 aliphatic carbocycles. The number of likely N-dealkylation sites (N-methyl/N-ethyl adjacent to an activating group) is 1. The molecule has 1 aliphatic rings. The maximum absolute atomic E-state index is 11.9. The van der Waals surface area contributed by atoms with E-state index < -0.39 is 6.17 Å². The van der Waals surface area contributed by atoms with Crippen LogP contribution < -0.4 is 5.73 Å². The quantitative estimate of drug-likeness (QED) is 0.793. The van der Waals surface area contributed by atoms with Crippen LogP contribution in [0.15, 0.2) is 36.5 Å². The number of hydrogen-bond donors (Lipinski definition) is 1. The molecule has 1 heterocycles. The molecule has 2 rings (SSSR count). The number of rotatable bonds is 3. The Hall–Kier alpha value is -2.14. The fourth-order valence-corrected chi connectivity index (χ4v) is 1.92. The van der Waals surface area contributed by atoms with Crippen LogP contribution >= 0.6 is 0 Å². The summed E-state index contributed by atoms with van der Waals surface area (Å²) in [6.45, 7) is 2.38. The Kier molecular flexibility index (Phi) is 3.43. The normalized spacial score (nSPS) is 19.8. The highest BCUT2D eigenvalue weighted by Gasteiger charge is 2.32. The van der Waals surface area contributed by atoms with Gasteiger partial charge in [-0.15, -0.1) is 0 Å². The van der Waals surface area contributed by atoms with E-state index in [-0.39, 0.29) is 5.91 Å². The van der Waals surface area contributed by atoms with Gasteiger partial charge < -0.3 is 10.6 Å². The third kappa shape index (κ3) is 2.00. The lowest BCUT2D eigenvalue weighted by Crippen LogP contribution is -2.54. The van der Waals surface area contributed by atoms with E-state index in [1.807, 2.05) is 37.3 Å². The molecule has 0 saturated heterocycles. The minimum atomic E-state index is -0.956. The number of benzene rings is 1. The van der Waals surface area contributed by atoms with Crippen LogP contribution in [0.25, 0.3) is 5.70 Å². The fraction of sp³-hybridized carbons (Fsp3) is 0.231. The predicted octanol–water partition coefficient (Wildman–Crippen LogP) is 0.590. The third-order valence-electron chi connectivity index (χ3n) is 2.92. The smallest absolute Gasteiger partial charge is 0.264 e. The minimum Gasteiger partial charge on any atom is -0.314 e. The Morgan fingerprint density at radius 1 is 1.33 bits per heavy atom. The van der Waals surface area contributed by atoms with Gasteiger partial charge in [0.1, 0.15) is 0 Å². The van der Waals surface area contributed by atoms with Crippen molar-refractivity contribution in [1.29, 1.82) is 0 Å². The van der Waals surface area contributed by atoms with E-state index in [2.05, 4.69) is 0 Å². The fourth-order valence-electron chi connectivity index (χ4n) is 1.92. The maximum atomic E-state index is 11.9. The average molecular weight is 245 g/mol. The van der Waals surface area contributed by atoms with Gasteiger partial charge in [0.2, 0.25) is 6.41 Å². The summed E-state index contributed by atoms with van der Waals surface area (Å²) < 4.78 is 0. The predicted molar refractivity (Wildman–Crippen MR) is 67.7 cm³/mol. The van der Waals surface area contributed by atoms with E-state index in [0.717, 1.165) is 5.56 Å². The number of amides is 2. The zero-order valence-corrected chi connectivity index (χ0v) is 10.1.